The number of halogens is 2. The van der Waals surface area contributed by atoms with Crippen molar-refractivity contribution in [3.8, 4) is 0 Å². The maximum atomic E-state index is 13.9. The number of hydrogen-bond donors (Lipinski definition) is 0. The molecular formula is C20H19BrFN3O5. The predicted octanol–water partition coefficient (Wildman–Crippen LogP) is 2.92. The Kier molecular flexibility index (Phi) is 4.81. The Morgan fingerprint density at radius 1 is 1.33 bits per heavy atom. The van der Waals surface area contributed by atoms with Gasteiger partial charge in [0, 0.05) is 13.0 Å². The summed E-state index contributed by atoms with van der Waals surface area (Å²) < 4.78 is 26.7. The number of hydrogen-bond acceptors (Lipinski definition) is 6. The van der Waals surface area contributed by atoms with Crippen molar-refractivity contribution in [1.82, 2.24) is 9.36 Å². The number of aliphatic imine (C=N–C) groups is 1. The van der Waals surface area contributed by atoms with Crippen LogP contribution in [-0.4, -0.2) is 46.3 Å². The number of carbonyl (C=O) groups is 2. The third-order valence-corrected chi connectivity index (χ3v) is 6.24. The number of ether oxygens (including phenoxy) is 2. The molecule has 1 fully saturated rings. The number of carbonyl (C=O) groups excluding carboxylic acids is 2. The summed E-state index contributed by atoms with van der Waals surface area (Å²) in [6.45, 7) is 3.42. The van der Waals surface area contributed by atoms with Gasteiger partial charge in [0.2, 0.25) is 0 Å². The molecule has 8 nitrogen and oxygen atoms in total. The van der Waals surface area contributed by atoms with Crippen LogP contribution in [-0.2, 0) is 21.3 Å². The number of aromatic nitrogens is 2. The number of nitrogens with zero attached hydrogens (tertiary/aromatic N) is 3. The second-order valence-corrected chi connectivity index (χ2v) is 8.60. The summed E-state index contributed by atoms with van der Waals surface area (Å²) in [6, 6.07) is 4.33. The van der Waals surface area contributed by atoms with Gasteiger partial charge >= 0.3 is 6.09 Å². The molecule has 2 aliphatic rings. The van der Waals surface area contributed by atoms with E-state index in [1.54, 1.807) is 13.8 Å². The molecule has 0 saturated carbocycles. The van der Waals surface area contributed by atoms with Crippen LogP contribution >= 0.6 is 15.9 Å². The molecule has 0 aliphatic carbocycles. The largest absolute Gasteiger partial charge is 0.451 e. The monoisotopic (exact) mass is 479 g/mol. The first kappa shape index (κ1) is 20.7. The van der Waals surface area contributed by atoms with E-state index in [2.05, 4.69) is 20.9 Å². The van der Waals surface area contributed by atoms with E-state index in [0.717, 1.165) is 4.68 Å². The Labute approximate surface area is 179 Å². The average Bonchev–Trinajstić information content (AvgIpc) is 2.95. The molecule has 2 aromatic rings. The van der Waals surface area contributed by atoms with Crippen LogP contribution in [0.5, 0.6) is 0 Å². The number of benzene rings is 1. The van der Waals surface area contributed by atoms with Crippen molar-refractivity contribution in [3.05, 3.63) is 50.0 Å². The molecule has 2 atom stereocenters. The number of Topliss-reactive ketones (excluding diaryl/α,β-unsaturated/α-hetero) is 1. The van der Waals surface area contributed by atoms with Crippen LogP contribution in [0.4, 0.5) is 15.0 Å². The Balaban J connectivity index is 2.04. The molecule has 158 valence electrons. The van der Waals surface area contributed by atoms with E-state index in [9.17, 15) is 18.8 Å². The lowest BCUT2D eigenvalue weighted by molar-refractivity contribution is -0.144. The van der Waals surface area contributed by atoms with Gasteiger partial charge in [-0.25, -0.2) is 14.2 Å². The van der Waals surface area contributed by atoms with Crippen molar-refractivity contribution in [2.45, 2.75) is 25.4 Å². The van der Waals surface area contributed by atoms with Crippen LogP contribution in [0.1, 0.15) is 30.9 Å². The zero-order valence-electron chi connectivity index (χ0n) is 16.7. The van der Waals surface area contributed by atoms with Crippen LogP contribution in [0, 0.1) is 11.7 Å². The molecule has 0 radical (unpaired) electrons. The first-order valence-electron chi connectivity index (χ1n) is 9.19. The van der Waals surface area contributed by atoms with Crippen molar-refractivity contribution >= 4 is 39.3 Å². The molecule has 2 unspecified atom stereocenters. The molecule has 2 aliphatic heterocycles. The van der Waals surface area contributed by atoms with Gasteiger partial charge in [0.15, 0.2) is 11.6 Å². The lowest BCUT2D eigenvalue weighted by Crippen LogP contribution is -2.53. The van der Waals surface area contributed by atoms with Crippen LogP contribution < -0.4 is 5.56 Å². The van der Waals surface area contributed by atoms with Crippen molar-refractivity contribution in [2.75, 3.05) is 13.7 Å². The van der Waals surface area contributed by atoms with Crippen LogP contribution in [0.25, 0.3) is 0 Å². The lowest BCUT2D eigenvalue weighted by Gasteiger charge is -2.40. The molecule has 1 aromatic heterocycles. The lowest BCUT2D eigenvalue weighted by atomic mass is 9.71. The smallest absolute Gasteiger partial charge is 0.436 e. The second kappa shape index (κ2) is 6.98. The highest BCUT2D eigenvalue weighted by Crippen LogP contribution is 2.45. The normalized spacial score (nSPS) is 22.2. The third kappa shape index (κ3) is 2.89. The van der Waals surface area contributed by atoms with Gasteiger partial charge in [0.1, 0.15) is 11.4 Å². The summed E-state index contributed by atoms with van der Waals surface area (Å²) in [6.07, 6.45) is -0.873. The molecule has 1 aromatic carbocycles. The fourth-order valence-electron chi connectivity index (χ4n) is 4.07. The zero-order chi connectivity index (χ0) is 22.0. The van der Waals surface area contributed by atoms with E-state index in [0.29, 0.717) is 11.3 Å². The van der Waals surface area contributed by atoms with Crippen molar-refractivity contribution in [1.29, 1.82) is 0 Å². The molecule has 10 heteroatoms. The number of fused-ring (bicyclic) bond motifs is 2. The van der Waals surface area contributed by atoms with E-state index in [1.807, 2.05) is 0 Å². The third-order valence-electron chi connectivity index (χ3n) is 5.63. The topological polar surface area (TPSA) is 91.9 Å². The molecule has 0 bridgehead atoms. The van der Waals surface area contributed by atoms with Crippen LogP contribution in [0.15, 0.2) is 32.5 Å². The molecule has 1 saturated heterocycles. The van der Waals surface area contributed by atoms with Gasteiger partial charge in [-0.15, -0.1) is 4.68 Å². The summed E-state index contributed by atoms with van der Waals surface area (Å²) in [4.78, 5) is 43.3. The summed E-state index contributed by atoms with van der Waals surface area (Å²) >= 11 is 3.17. The minimum Gasteiger partial charge on any atom is -0.451 e. The molecule has 4 rings (SSSR count). The number of ketones is 1. The number of rotatable bonds is 1. The second-order valence-electron chi connectivity index (χ2n) is 7.74. The SMILES string of the molecule is COC(=O)n1c(=O)c2c(n1C)N=C1COC(C)(C)C(=O)C1C2c1ccc(F)c(Br)c1. The van der Waals surface area contributed by atoms with Gasteiger partial charge in [0.25, 0.3) is 5.56 Å². The van der Waals surface area contributed by atoms with Crippen LogP contribution in [0.2, 0.25) is 0 Å². The standard InChI is InChI=1S/C20H19BrFN3O5/c1-20(2)16(26)14-12(8-30-20)23-17-15(18(27)25(24(17)3)19(28)29-4)13(14)9-5-6-11(22)10(21)7-9/h5-7,13-14H,8H2,1-4H3. The van der Waals surface area contributed by atoms with E-state index in [1.165, 1.54) is 37.0 Å². The quantitative estimate of drug-likeness (QED) is 0.626. The highest BCUT2D eigenvalue weighted by Gasteiger charge is 2.50. The van der Waals surface area contributed by atoms with Gasteiger partial charge in [0.05, 0.1) is 35.4 Å². The summed E-state index contributed by atoms with van der Waals surface area (Å²) in [5.41, 5.74) is -0.527. The first-order chi connectivity index (χ1) is 14.1. The van der Waals surface area contributed by atoms with Gasteiger partial charge in [-0.1, -0.05) is 6.07 Å². The Bertz CT molecular complexity index is 1180. The van der Waals surface area contributed by atoms with E-state index in [-0.39, 0.29) is 28.2 Å². The van der Waals surface area contributed by atoms with Crippen molar-refractivity contribution < 1.29 is 23.5 Å². The molecule has 0 spiro atoms. The highest BCUT2D eigenvalue weighted by atomic mass is 79.9. The maximum absolute atomic E-state index is 13.9. The van der Waals surface area contributed by atoms with Gasteiger partial charge in [-0.3, -0.25) is 14.3 Å². The van der Waals surface area contributed by atoms with Crippen molar-refractivity contribution in [2.24, 2.45) is 18.0 Å². The van der Waals surface area contributed by atoms with E-state index >= 15 is 0 Å². The Hall–Kier alpha value is -2.59. The summed E-state index contributed by atoms with van der Waals surface area (Å²) in [7, 11) is 2.68. The van der Waals surface area contributed by atoms with Crippen molar-refractivity contribution in [3.63, 3.8) is 0 Å². The zero-order valence-corrected chi connectivity index (χ0v) is 18.3. The molecular weight excluding hydrogens is 461 g/mol. The summed E-state index contributed by atoms with van der Waals surface area (Å²) in [5, 5.41) is 0. The number of methoxy groups -OCH3 is 1. The molecule has 0 amide bonds. The summed E-state index contributed by atoms with van der Waals surface area (Å²) in [5.74, 6) is -2.01. The minimum atomic E-state index is -1.08. The highest BCUT2D eigenvalue weighted by molar-refractivity contribution is 9.10. The predicted molar refractivity (Wildman–Crippen MR) is 109 cm³/mol. The van der Waals surface area contributed by atoms with E-state index < -0.39 is 34.9 Å². The molecule has 30 heavy (non-hydrogen) atoms. The van der Waals surface area contributed by atoms with E-state index in [4.69, 9.17) is 9.47 Å². The van der Waals surface area contributed by atoms with Gasteiger partial charge < -0.3 is 9.47 Å². The average molecular weight is 480 g/mol. The Morgan fingerprint density at radius 3 is 2.67 bits per heavy atom. The first-order valence-corrected chi connectivity index (χ1v) is 9.98. The molecule has 3 heterocycles. The van der Waals surface area contributed by atoms with Crippen LogP contribution in [0.3, 0.4) is 0 Å². The van der Waals surface area contributed by atoms with Gasteiger partial charge in [-0.05, 0) is 47.5 Å². The fraction of sp³-hybridized carbons (Fsp3) is 0.400. The Morgan fingerprint density at radius 2 is 2.03 bits per heavy atom. The fourth-order valence-corrected chi connectivity index (χ4v) is 4.46. The maximum Gasteiger partial charge on any atom is 0.436 e. The molecule has 0 N–H and O–H groups in total. The van der Waals surface area contributed by atoms with Gasteiger partial charge in [-0.2, -0.15) is 0 Å². The minimum absolute atomic E-state index is 0.0965.